The van der Waals surface area contributed by atoms with Gasteiger partial charge < -0.3 is 11.1 Å². The topological polar surface area (TPSA) is 85.8 Å². The molecule has 6 nitrogen and oxygen atoms in total. The third-order valence-corrected chi connectivity index (χ3v) is 4.94. The maximum absolute atomic E-state index is 12.8. The van der Waals surface area contributed by atoms with E-state index in [1.54, 1.807) is 12.3 Å². The maximum atomic E-state index is 12.8. The van der Waals surface area contributed by atoms with Crippen molar-refractivity contribution in [3.05, 3.63) is 58.9 Å². The minimum atomic E-state index is -0.262. The molecule has 6 heteroatoms. The van der Waals surface area contributed by atoms with Gasteiger partial charge in [-0.2, -0.15) is 5.10 Å². The van der Waals surface area contributed by atoms with Crippen LogP contribution >= 0.6 is 0 Å². The minimum Gasteiger partial charge on any atom is -0.350 e. The van der Waals surface area contributed by atoms with Crippen molar-refractivity contribution in [2.45, 2.75) is 52.6 Å². The van der Waals surface area contributed by atoms with Crippen LogP contribution in [0.15, 0.2) is 36.5 Å². The van der Waals surface area contributed by atoms with E-state index in [0.717, 1.165) is 22.3 Å². The second-order valence-corrected chi connectivity index (χ2v) is 7.87. The summed E-state index contributed by atoms with van der Waals surface area (Å²) in [5.41, 5.74) is 10.7. The summed E-state index contributed by atoms with van der Waals surface area (Å²) in [6.45, 7) is 10.7. The fraction of sp³-hybridized carbons (Fsp3) is 0.409. The Bertz CT molecular complexity index is 973. The second-order valence-electron chi connectivity index (χ2n) is 7.87. The Morgan fingerprint density at radius 1 is 1.14 bits per heavy atom. The molecule has 0 bridgehead atoms. The first-order chi connectivity index (χ1) is 13.3. The molecular weight excluding hydrogens is 350 g/mol. The van der Waals surface area contributed by atoms with Crippen molar-refractivity contribution in [3.63, 3.8) is 0 Å². The highest BCUT2D eigenvalue weighted by Gasteiger charge is 2.17. The van der Waals surface area contributed by atoms with Gasteiger partial charge in [0.1, 0.15) is 0 Å². The Morgan fingerprint density at radius 2 is 1.79 bits per heavy atom. The average Bonchev–Trinajstić information content (AvgIpc) is 3.09. The summed E-state index contributed by atoms with van der Waals surface area (Å²) >= 11 is 0. The standard InChI is InChI=1S/C22H29N5O/c1-13(2)16-6-8-17(9-7-16)20(23)12-24-22(28)18-10-15(5)26-21-19(18)11-25-27(21)14(3)4/h6-11,13-14,20H,12,23H2,1-5H3,(H,24,28). The number of nitrogens with zero attached hydrogens (tertiary/aromatic N) is 3. The van der Waals surface area contributed by atoms with Crippen molar-refractivity contribution in [3.8, 4) is 0 Å². The van der Waals surface area contributed by atoms with Gasteiger partial charge in [0, 0.05) is 24.3 Å². The largest absolute Gasteiger partial charge is 0.350 e. The number of rotatable bonds is 6. The number of nitrogens with two attached hydrogens (primary N) is 1. The zero-order chi connectivity index (χ0) is 20.4. The van der Waals surface area contributed by atoms with Crippen LogP contribution in [-0.2, 0) is 0 Å². The van der Waals surface area contributed by atoms with E-state index in [1.807, 2.05) is 37.6 Å². The number of benzene rings is 1. The molecule has 1 amide bonds. The predicted molar refractivity (Wildman–Crippen MR) is 112 cm³/mol. The summed E-state index contributed by atoms with van der Waals surface area (Å²) in [7, 11) is 0. The van der Waals surface area contributed by atoms with Gasteiger partial charge in [0.25, 0.3) is 5.91 Å². The van der Waals surface area contributed by atoms with Gasteiger partial charge in [-0.3, -0.25) is 4.79 Å². The predicted octanol–water partition coefficient (Wildman–Crippen LogP) is 3.87. The number of pyridine rings is 1. The van der Waals surface area contributed by atoms with Crippen molar-refractivity contribution in [1.82, 2.24) is 20.1 Å². The SMILES string of the molecule is Cc1cc(C(=O)NCC(N)c2ccc(C(C)C)cc2)c2cnn(C(C)C)c2n1. The molecule has 0 spiro atoms. The van der Waals surface area contributed by atoms with Crippen molar-refractivity contribution in [1.29, 1.82) is 0 Å². The van der Waals surface area contributed by atoms with Gasteiger partial charge >= 0.3 is 0 Å². The van der Waals surface area contributed by atoms with Crippen molar-refractivity contribution < 1.29 is 4.79 Å². The number of aromatic nitrogens is 3. The lowest BCUT2D eigenvalue weighted by molar-refractivity contribution is 0.0952. The normalized spacial score (nSPS) is 12.7. The minimum absolute atomic E-state index is 0.159. The molecule has 1 aromatic carbocycles. The van der Waals surface area contributed by atoms with Gasteiger partial charge in [-0.15, -0.1) is 0 Å². The van der Waals surface area contributed by atoms with Gasteiger partial charge in [0.15, 0.2) is 5.65 Å². The van der Waals surface area contributed by atoms with Crippen LogP contribution in [0.1, 0.15) is 72.9 Å². The van der Waals surface area contributed by atoms with Crippen LogP contribution in [0.2, 0.25) is 0 Å². The highest BCUT2D eigenvalue weighted by molar-refractivity contribution is 6.05. The number of aryl methyl sites for hydroxylation is 1. The summed E-state index contributed by atoms with van der Waals surface area (Å²) in [6, 6.07) is 9.97. The monoisotopic (exact) mass is 379 g/mol. The number of hydrogen-bond donors (Lipinski definition) is 2. The Labute approximate surface area is 166 Å². The first-order valence-corrected chi connectivity index (χ1v) is 9.76. The van der Waals surface area contributed by atoms with E-state index in [9.17, 15) is 4.79 Å². The summed E-state index contributed by atoms with van der Waals surface area (Å²) in [4.78, 5) is 17.4. The molecular formula is C22H29N5O. The van der Waals surface area contributed by atoms with E-state index in [-0.39, 0.29) is 18.0 Å². The first-order valence-electron chi connectivity index (χ1n) is 9.76. The number of amides is 1. The molecule has 0 saturated heterocycles. The lowest BCUT2D eigenvalue weighted by atomic mass is 9.99. The lowest BCUT2D eigenvalue weighted by Gasteiger charge is -2.15. The van der Waals surface area contributed by atoms with E-state index in [0.29, 0.717) is 18.0 Å². The average molecular weight is 380 g/mol. The summed E-state index contributed by atoms with van der Waals surface area (Å²) in [5, 5.41) is 8.11. The van der Waals surface area contributed by atoms with Crippen LogP contribution in [0, 0.1) is 6.92 Å². The molecule has 28 heavy (non-hydrogen) atoms. The van der Waals surface area contributed by atoms with Crippen LogP contribution < -0.4 is 11.1 Å². The number of carbonyl (C=O) groups is 1. The molecule has 0 aliphatic heterocycles. The quantitative estimate of drug-likeness (QED) is 0.681. The van der Waals surface area contributed by atoms with Gasteiger partial charge in [-0.25, -0.2) is 9.67 Å². The van der Waals surface area contributed by atoms with Gasteiger partial charge in [0.2, 0.25) is 0 Å². The van der Waals surface area contributed by atoms with Crippen molar-refractivity contribution in [2.24, 2.45) is 5.73 Å². The summed E-state index contributed by atoms with van der Waals surface area (Å²) in [5.74, 6) is 0.321. The third-order valence-electron chi connectivity index (χ3n) is 4.94. The molecule has 3 aromatic rings. The lowest BCUT2D eigenvalue weighted by Crippen LogP contribution is -2.32. The number of fused-ring (bicyclic) bond motifs is 1. The zero-order valence-electron chi connectivity index (χ0n) is 17.2. The van der Waals surface area contributed by atoms with Crippen molar-refractivity contribution >= 4 is 16.9 Å². The fourth-order valence-corrected chi connectivity index (χ4v) is 3.25. The third kappa shape index (κ3) is 4.07. The smallest absolute Gasteiger partial charge is 0.252 e. The molecule has 148 valence electrons. The Morgan fingerprint density at radius 3 is 2.39 bits per heavy atom. The van der Waals surface area contributed by atoms with Crippen LogP contribution in [0.4, 0.5) is 0 Å². The van der Waals surface area contributed by atoms with Gasteiger partial charge in [-0.1, -0.05) is 38.1 Å². The van der Waals surface area contributed by atoms with Crippen LogP contribution in [-0.4, -0.2) is 27.2 Å². The second kappa shape index (κ2) is 8.10. The van der Waals surface area contributed by atoms with Crippen molar-refractivity contribution in [2.75, 3.05) is 6.54 Å². The molecule has 0 aliphatic carbocycles. The molecule has 3 N–H and O–H groups in total. The van der Waals surface area contributed by atoms with E-state index >= 15 is 0 Å². The molecule has 1 atom stereocenters. The number of hydrogen-bond acceptors (Lipinski definition) is 4. The first kappa shape index (κ1) is 20.0. The molecule has 1 unspecified atom stereocenters. The fourth-order valence-electron chi connectivity index (χ4n) is 3.25. The van der Waals surface area contributed by atoms with E-state index in [1.165, 1.54) is 5.56 Å². The number of carbonyl (C=O) groups excluding carboxylic acids is 1. The maximum Gasteiger partial charge on any atom is 0.252 e. The van der Waals surface area contributed by atoms with E-state index in [4.69, 9.17) is 5.73 Å². The van der Waals surface area contributed by atoms with E-state index in [2.05, 4.69) is 41.4 Å². The molecule has 2 heterocycles. The van der Waals surface area contributed by atoms with Gasteiger partial charge in [-0.05, 0) is 43.9 Å². The Balaban J connectivity index is 1.76. The van der Waals surface area contributed by atoms with E-state index < -0.39 is 0 Å². The summed E-state index contributed by atoms with van der Waals surface area (Å²) < 4.78 is 1.83. The van der Waals surface area contributed by atoms with Crippen LogP contribution in [0.25, 0.3) is 11.0 Å². The molecule has 3 rings (SSSR count). The molecule has 0 saturated carbocycles. The highest BCUT2D eigenvalue weighted by atomic mass is 16.1. The van der Waals surface area contributed by atoms with Crippen LogP contribution in [0.5, 0.6) is 0 Å². The Hall–Kier alpha value is -2.73. The number of nitrogens with one attached hydrogen (secondary N) is 1. The molecule has 0 radical (unpaired) electrons. The molecule has 2 aromatic heterocycles. The summed E-state index contributed by atoms with van der Waals surface area (Å²) in [6.07, 6.45) is 1.71. The van der Waals surface area contributed by atoms with Gasteiger partial charge in [0.05, 0.1) is 17.1 Å². The van der Waals surface area contributed by atoms with Crippen LogP contribution in [0.3, 0.4) is 0 Å². The zero-order valence-corrected chi connectivity index (χ0v) is 17.2. The highest BCUT2D eigenvalue weighted by Crippen LogP contribution is 2.21. The molecule has 0 aliphatic rings. The Kier molecular flexibility index (Phi) is 5.79. The molecule has 0 fully saturated rings.